The lowest BCUT2D eigenvalue weighted by molar-refractivity contribution is 0.885. The zero-order valence-corrected chi connectivity index (χ0v) is 11.9. The number of aromatic nitrogens is 2. The first-order chi connectivity index (χ1) is 9.65. The van der Waals surface area contributed by atoms with E-state index in [1.165, 1.54) is 0 Å². The van der Waals surface area contributed by atoms with Crippen molar-refractivity contribution in [3.63, 3.8) is 0 Å². The Morgan fingerprint density at radius 3 is 2.55 bits per heavy atom. The van der Waals surface area contributed by atoms with Crippen LogP contribution in [0, 0.1) is 0 Å². The molecule has 3 aromatic rings. The summed E-state index contributed by atoms with van der Waals surface area (Å²) in [7, 11) is 0. The highest BCUT2D eigenvalue weighted by Crippen LogP contribution is 2.28. The lowest BCUT2D eigenvalue weighted by Gasteiger charge is -2.03. The van der Waals surface area contributed by atoms with Crippen LogP contribution in [0.25, 0.3) is 16.9 Å². The fourth-order valence-corrected chi connectivity index (χ4v) is 2.42. The first-order valence-corrected chi connectivity index (χ1v) is 6.77. The summed E-state index contributed by atoms with van der Waals surface area (Å²) in [6.07, 6.45) is 1.75. The number of nitrogens with two attached hydrogens (primary N) is 1. The molecule has 0 fully saturated rings. The van der Waals surface area contributed by atoms with Crippen LogP contribution >= 0.6 is 23.2 Å². The molecule has 3 nitrogen and oxygen atoms in total. The monoisotopic (exact) mass is 303 g/mol. The van der Waals surface area contributed by atoms with Crippen LogP contribution in [0.15, 0.2) is 54.7 Å². The van der Waals surface area contributed by atoms with Gasteiger partial charge in [0.1, 0.15) is 5.69 Å². The standard InChI is InChI=1S/C15H11Cl2N3/c16-11-5-3-4-10(8-11)15-13(18)9-20(19-15)14-7-2-1-6-12(14)17/h1-9H,18H2. The second-order valence-corrected chi connectivity index (χ2v) is 5.18. The molecule has 0 saturated carbocycles. The smallest absolute Gasteiger partial charge is 0.116 e. The third kappa shape index (κ3) is 2.38. The van der Waals surface area contributed by atoms with E-state index in [4.69, 9.17) is 28.9 Å². The summed E-state index contributed by atoms with van der Waals surface area (Å²) in [6.45, 7) is 0. The van der Waals surface area contributed by atoms with Crippen molar-refractivity contribution in [2.24, 2.45) is 0 Å². The molecule has 0 aliphatic heterocycles. The van der Waals surface area contributed by atoms with E-state index in [1.807, 2.05) is 48.5 Å². The molecule has 0 atom stereocenters. The number of benzene rings is 2. The Morgan fingerprint density at radius 2 is 1.80 bits per heavy atom. The van der Waals surface area contributed by atoms with Crippen LogP contribution in [-0.2, 0) is 0 Å². The number of rotatable bonds is 2. The highest BCUT2D eigenvalue weighted by molar-refractivity contribution is 6.32. The van der Waals surface area contributed by atoms with Gasteiger partial charge in [0.15, 0.2) is 0 Å². The van der Waals surface area contributed by atoms with Crippen LogP contribution in [-0.4, -0.2) is 9.78 Å². The Balaban J connectivity index is 2.10. The summed E-state index contributed by atoms with van der Waals surface area (Å²) in [5, 5.41) is 5.77. The van der Waals surface area contributed by atoms with Gasteiger partial charge in [-0.3, -0.25) is 0 Å². The Labute approximate surface area is 126 Å². The topological polar surface area (TPSA) is 43.8 Å². The van der Waals surface area contributed by atoms with E-state index in [0.29, 0.717) is 21.4 Å². The lowest BCUT2D eigenvalue weighted by Crippen LogP contribution is -1.95. The Bertz CT molecular complexity index is 765. The molecule has 0 radical (unpaired) electrons. The first kappa shape index (κ1) is 13.0. The minimum Gasteiger partial charge on any atom is -0.396 e. The largest absolute Gasteiger partial charge is 0.396 e. The summed E-state index contributed by atoms with van der Waals surface area (Å²) in [5.41, 5.74) is 8.97. The lowest BCUT2D eigenvalue weighted by atomic mass is 10.1. The summed E-state index contributed by atoms with van der Waals surface area (Å²) in [4.78, 5) is 0. The van der Waals surface area contributed by atoms with Crippen molar-refractivity contribution >= 4 is 28.9 Å². The van der Waals surface area contributed by atoms with E-state index in [-0.39, 0.29) is 0 Å². The van der Waals surface area contributed by atoms with E-state index in [9.17, 15) is 0 Å². The van der Waals surface area contributed by atoms with Gasteiger partial charge in [-0.15, -0.1) is 0 Å². The first-order valence-electron chi connectivity index (χ1n) is 6.01. The van der Waals surface area contributed by atoms with Gasteiger partial charge in [0.05, 0.1) is 22.6 Å². The van der Waals surface area contributed by atoms with E-state index in [1.54, 1.807) is 10.9 Å². The second-order valence-electron chi connectivity index (χ2n) is 4.34. The van der Waals surface area contributed by atoms with Crippen molar-refractivity contribution < 1.29 is 0 Å². The predicted molar refractivity (Wildman–Crippen MR) is 83.4 cm³/mol. The van der Waals surface area contributed by atoms with Crippen LogP contribution in [0.2, 0.25) is 10.0 Å². The molecule has 1 aromatic heterocycles. The molecule has 0 saturated heterocycles. The summed E-state index contributed by atoms with van der Waals surface area (Å²) in [6, 6.07) is 14.9. The van der Waals surface area contributed by atoms with Gasteiger partial charge in [0, 0.05) is 10.6 Å². The fourth-order valence-electron chi connectivity index (χ4n) is 2.01. The average molecular weight is 304 g/mol. The predicted octanol–water partition coefficient (Wildman–Crippen LogP) is 4.43. The van der Waals surface area contributed by atoms with E-state index >= 15 is 0 Å². The van der Waals surface area contributed by atoms with Crippen molar-refractivity contribution in [3.8, 4) is 16.9 Å². The normalized spacial score (nSPS) is 10.7. The second kappa shape index (κ2) is 5.19. The number of para-hydroxylation sites is 1. The number of nitrogen functional groups attached to an aromatic ring is 1. The summed E-state index contributed by atoms with van der Waals surface area (Å²) >= 11 is 12.2. The number of halogens is 2. The molecule has 1 heterocycles. The molecule has 2 N–H and O–H groups in total. The zero-order valence-electron chi connectivity index (χ0n) is 10.4. The minimum absolute atomic E-state index is 0.576. The maximum absolute atomic E-state index is 6.17. The number of hydrogen-bond donors (Lipinski definition) is 1. The molecule has 0 bridgehead atoms. The van der Waals surface area contributed by atoms with Crippen LogP contribution in [0.3, 0.4) is 0 Å². The zero-order chi connectivity index (χ0) is 14.1. The number of hydrogen-bond acceptors (Lipinski definition) is 2. The molecule has 2 aromatic carbocycles. The van der Waals surface area contributed by atoms with Crippen LogP contribution in [0.1, 0.15) is 0 Å². The van der Waals surface area contributed by atoms with Crippen LogP contribution in [0.4, 0.5) is 5.69 Å². The van der Waals surface area contributed by atoms with Gasteiger partial charge in [-0.05, 0) is 24.3 Å². The van der Waals surface area contributed by atoms with Crippen molar-refractivity contribution in [2.45, 2.75) is 0 Å². The maximum atomic E-state index is 6.17. The fraction of sp³-hybridized carbons (Fsp3) is 0. The Morgan fingerprint density at radius 1 is 1.00 bits per heavy atom. The SMILES string of the molecule is Nc1cn(-c2ccccc2Cl)nc1-c1cccc(Cl)c1. The van der Waals surface area contributed by atoms with Crippen molar-refractivity contribution in [1.82, 2.24) is 9.78 Å². The van der Waals surface area contributed by atoms with Gasteiger partial charge in [-0.1, -0.05) is 47.5 Å². The molecule has 0 aliphatic rings. The molecule has 0 spiro atoms. The summed E-state index contributed by atoms with van der Waals surface area (Å²) < 4.78 is 1.67. The van der Waals surface area contributed by atoms with Crippen LogP contribution < -0.4 is 5.73 Å². The average Bonchev–Trinajstić information content (AvgIpc) is 2.81. The van der Waals surface area contributed by atoms with Gasteiger partial charge >= 0.3 is 0 Å². The molecular weight excluding hydrogens is 293 g/mol. The Kier molecular flexibility index (Phi) is 3.38. The molecule has 20 heavy (non-hydrogen) atoms. The molecule has 0 amide bonds. The molecule has 5 heteroatoms. The Hall–Kier alpha value is -1.97. The van der Waals surface area contributed by atoms with Crippen LogP contribution in [0.5, 0.6) is 0 Å². The highest BCUT2D eigenvalue weighted by atomic mass is 35.5. The minimum atomic E-state index is 0.576. The van der Waals surface area contributed by atoms with Gasteiger partial charge in [-0.25, -0.2) is 4.68 Å². The van der Waals surface area contributed by atoms with Gasteiger partial charge in [-0.2, -0.15) is 5.10 Å². The van der Waals surface area contributed by atoms with Gasteiger partial charge in [0.2, 0.25) is 0 Å². The van der Waals surface area contributed by atoms with E-state index in [2.05, 4.69) is 5.10 Å². The van der Waals surface area contributed by atoms with Gasteiger partial charge in [0.25, 0.3) is 0 Å². The van der Waals surface area contributed by atoms with E-state index < -0.39 is 0 Å². The van der Waals surface area contributed by atoms with Crippen molar-refractivity contribution in [2.75, 3.05) is 5.73 Å². The van der Waals surface area contributed by atoms with E-state index in [0.717, 1.165) is 11.3 Å². The van der Waals surface area contributed by atoms with Crippen molar-refractivity contribution in [3.05, 3.63) is 64.8 Å². The molecular formula is C15H11Cl2N3. The quantitative estimate of drug-likeness (QED) is 0.761. The number of nitrogens with zero attached hydrogens (tertiary/aromatic N) is 2. The molecule has 0 aliphatic carbocycles. The highest BCUT2D eigenvalue weighted by Gasteiger charge is 2.11. The maximum Gasteiger partial charge on any atom is 0.116 e. The van der Waals surface area contributed by atoms with Gasteiger partial charge < -0.3 is 5.73 Å². The van der Waals surface area contributed by atoms with Crippen molar-refractivity contribution in [1.29, 1.82) is 0 Å². The molecule has 100 valence electrons. The molecule has 3 rings (SSSR count). The third-order valence-corrected chi connectivity index (χ3v) is 3.49. The summed E-state index contributed by atoms with van der Waals surface area (Å²) in [5.74, 6) is 0. The molecule has 0 unspecified atom stereocenters. The third-order valence-electron chi connectivity index (χ3n) is 2.94. The number of anilines is 1.